The van der Waals surface area contributed by atoms with Crippen LogP contribution in [0.15, 0.2) is 72.8 Å². The van der Waals surface area contributed by atoms with Crippen LogP contribution in [0.2, 0.25) is 0 Å². The molecular formula is C37H41NO11. The lowest BCUT2D eigenvalue weighted by atomic mass is 9.63. The molecule has 2 aliphatic heterocycles. The predicted octanol–water partition coefficient (Wildman–Crippen LogP) is 3.17. The van der Waals surface area contributed by atoms with E-state index < -0.39 is 66.9 Å². The first kappa shape index (κ1) is 34.4. The number of hydrogen-bond acceptors (Lipinski definition) is 10. The standard InChI is InChI=1S/C37H41NO11/c39-20-29-32(43)33(44)34(45)36(49-29)48-28-18-26-24(17-27(28)41)25(19-37(15-5-2-6-16-37)22-7-3-1-4-8-22)31(35(46)47)38(26)30(42)14-11-21-9-12-23(40)13-10-21/h1,3-4,7-14,17-18,25,29,31-34,36,39-41,43-45H,2,5-6,15-16,19-20H2,(H,46,47). The van der Waals surface area contributed by atoms with E-state index in [1.54, 1.807) is 12.1 Å². The van der Waals surface area contributed by atoms with Gasteiger partial charge < -0.3 is 45.2 Å². The molecule has 1 aliphatic carbocycles. The molecule has 3 aliphatic rings. The average molecular weight is 676 g/mol. The van der Waals surface area contributed by atoms with Crippen LogP contribution in [0.5, 0.6) is 17.2 Å². The van der Waals surface area contributed by atoms with Crippen LogP contribution in [-0.4, -0.2) is 91.0 Å². The Morgan fingerprint density at radius 2 is 1.61 bits per heavy atom. The Morgan fingerprint density at radius 1 is 0.918 bits per heavy atom. The number of fused-ring (bicyclic) bond motifs is 1. The summed E-state index contributed by atoms with van der Waals surface area (Å²) in [7, 11) is 0. The van der Waals surface area contributed by atoms with Crippen LogP contribution >= 0.6 is 0 Å². The van der Waals surface area contributed by atoms with Crippen molar-refractivity contribution in [1.82, 2.24) is 0 Å². The van der Waals surface area contributed by atoms with E-state index in [4.69, 9.17) is 9.47 Å². The third kappa shape index (κ3) is 6.75. The van der Waals surface area contributed by atoms with Gasteiger partial charge in [-0.3, -0.25) is 9.69 Å². The summed E-state index contributed by atoms with van der Waals surface area (Å²) in [5.74, 6) is -3.26. The smallest absolute Gasteiger partial charge is 0.327 e. The number of aliphatic hydroxyl groups is 4. The summed E-state index contributed by atoms with van der Waals surface area (Å²) in [6.45, 7) is -0.693. The lowest BCUT2D eigenvalue weighted by molar-refractivity contribution is -0.277. The van der Waals surface area contributed by atoms with Crippen molar-refractivity contribution in [3.63, 3.8) is 0 Å². The molecule has 12 heteroatoms. The maximum absolute atomic E-state index is 14.0. The molecule has 2 fully saturated rings. The minimum Gasteiger partial charge on any atom is -0.508 e. The van der Waals surface area contributed by atoms with Crippen LogP contribution in [-0.2, 0) is 19.7 Å². The number of ether oxygens (including phenoxy) is 2. The number of nitrogens with zero attached hydrogens (tertiary/aromatic N) is 1. The second-order valence-corrected chi connectivity index (χ2v) is 13.1. The topological polar surface area (TPSA) is 197 Å². The lowest BCUT2D eigenvalue weighted by Crippen LogP contribution is -2.60. The van der Waals surface area contributed by atoms with Crippen molar-refractivity contribution in [2.24, 2.45) is 0 Å². The summed E-state index contributed by atoms with van der Waals surface area (Å²) >= 11 is 0. The van der Waals surface area contributed by atoms with Crippen molar-refractivity contribution in [2.75, 3.05) is 11.5 Å². The number of amides is 1. The fraction of sp³-hybridized carbons (Fsp3) is 0.405. The molecule has 1 saturated carbocycles. The van der Waals surface area contributed by atoms with Crippen LogP contribution in [0.1, 0.15) is 61.1 Å². The Bertz CT molecular complexity index is 1670. The van der Waals surface area contributed by atoms with Crippen LogP contribution in [0.4, 0.5) is 5.69 Å². The number of aromatic hydroxyl groups is 2. The van der Waals surface area contributed by atoms with Gasteiger partial charge in [0.1, 0.15) is 36.2 Å². The molecule has 3 aromatic carbocycles. The van der Waals surface area contributed by atoms with Gasteiger partial charge in [-0.05, 0) is 65.6 Å². The van der Waals surface area contributed by atoms with Crippen LogP contribution in [0.25, 0.3) is 6.08 Å². The van der Waals surface area contributed by atoms with Crippen molar-refractivity contribution in [2.45, 2.75) is 86.6 Å². The maximum atomic E-state index is 14.0. The minimum absolute atomic E-state index is 0.0486. The van der Waals surface area contributed by atoms with E-state index in [1.165, 1.54) is 41.3 Å². The number of phenols is 2. The first-order valence-electron chi connectivity index (χ1n) is 16.5. The molecule has 0 spiro atoms. The highest BCUT2D eigenvalue weighted by Gasteiger charge is 2.50. The van der Waals surface area contributed by atoms with Gasteiger partial charge in [-0.1, -0.05) is 61.7 Å². The monoisotopic (exact) mass is 675 g/mol. The average Bonchev–Trinajstić information content (AvgIpc) is 3.41. The minimum atomic E-state index is -1.77. The fourth-order valence-electron chi connectivity index (χ4n) is 7.61. The first-order valence-corrected chi connectivity index (χ1v) is 16.5. The van der Waals surface area contributed by atoms with Crippen molar-refractivity contribution in [3.05, 3.63) is 89.5 Å². The number of carbonyl (C=O) groups excluding carboxylic acids is 1. The van der Waals surface area contributed by atoms with Crippen molar-refractivity contribution >= 4 is 23.6 Å². The molecule has 49 heavy (non-hydrogen) atoms. The summed E-state index contributed by atoms with van der Waals surface area (Å²) in [5.41, 5.74) is 1.91. The summed E-state index contributed by atoms with van der Waals surface area (Å²) in [4.78, 5) is 28.4. The van der Waals surface area contributed by atoms with Crippen LogP contribution in [0.3, 0.4) is 0 Å². The van der Waals surface area contributed by atoms with Gasteiger partial charge in [-0.15, -0.1) is 0 Å². The Hall–Kier alpha value is -4.46. The van der Waals surface area contributed by atoms with Gasteiger partial charge in [0.2, 0.25) is 6.29 Å². The second-order valence-electron chi connectivity index (χ2n) is 13.1. The van der Waals surface area contributed by atoms with E-state index in [1.807, 2.05) is 18.2 Å². The predicted molar refractivity (Wildman–Crippen MR) is 177 cm³/mol. The molecule has 12 nitrogen and oxygen atoms in total. The number of carboxylic acids is 1. The van der Waals surface area contributed by atoms with Gasteiger partial charge in [0.15, 0.2) is 11.5 Å². The Kier molecular flexibility index (Phi) is 9.96. The number of phenolic OH excluding ortho intramolecular Hbond substituents is 2. The number of rotatable bonds is 9. The number of carboxylic acid groups (broad SMARTS) is 1. The summed E-state index contributed by atoms with van der Waals surface area (Å²) in [6.07, 6.45) is -0.264. The molecule has 3 aromatic rings. The van der Waals surface area contributed by atoms with E-state index in [0.717, 1.165) is 37.7 Å². The molecular weight excluding hydrogens is 634 g/mol. The molecule has 1 amide bonds. The van der Waals surface area contributed by atoms with Gasteiger partial charge in [0, 0.05) is 18.1 Å². The Balaban J connectivity index is 1.43. The molecule has 6 rings (SSSR count). The fourth-order valence-corrected chi connectivity index (χ4v) is 7.61. The third-order valence-electron chi connectivity index (χ3n) is 10.1. The van der Waals surface area contributed by atoms with Crippen LogP contribution < -0.4 is 9.64 Å². The molecule has 2 heterocycles. The molecule has 7 atom stereocenters. The highest BCUT2D eigenvalue weighted by Crippen LogP contribution is 2.54. The summed E-state index contributed by atoms with van der Waals surface area (Å²) in [5, 5.41) is 72.3. The van der Waals surface area contributed by atoms with Crippen molar-refractivity contribution in [1.29, 1.82) is 0 Å². The summed E-state index contributed by atoms with van der Waals surface area (Å²) in [6, 6.07) is 17.4. The highest BCUT2D eigenvalue weighted by atomic mass is 16.7. The highest BCUT2D eigenvalue weighted by molar-refractivity contribution is 6.09. The number of hydrogen-bond donors (Lipinski definition) is 7. The Labute approximate surface area is 283 Å². The van der Waals surface area contributed by atoms with E-state index >= 15 is 0 Å². The zero-order valence-corrected chi connectivity index (χ0v) is 26.7. The number of benzene rings is 3. The largest absolute Gasteiger partial charge is 0.508 e. The van der Waals surface area contributed by atoms with Gasteiger partial charge in [0.05, 0.1) is 12.3 Å². The molecule has 260 valence electrons. The van der Waals surface area contributed by atoms with Gasteiger partial charge in [-0.25, -0.2) is 4.79 Å². The second kappa shape index (κ2) is 14.2. The summed E-state index contributed by atoms with van der Waals surface area (Å²) < 4.78 is 11.3. The lowest BCUT2D eigenvalue weighted by Gasteiger charge is -2.41. The normalized spacial score (nSPS) is 27.9. The van der Waals surface area contributed by atoms with Gasteiger partial charge in [-0.2, -0.15) is 0 Å². The van der Waals surface area contributed by atoms with E-state index in [0.29, 0.717) is 17.5 Å². The molecule has 0 aromatic heterocycles. The molecule has 7 N–H and O–H groups in total. The molecule has 0 radical (unpaired) electrons. The SMILES string of the molecule is O=C(O)C1C(CC2(c3ccccc3)CCCCC2)c2cc(O)c(OC3OC(CO)C(O)C(O)C3O)cc2N1C(=O)C=Cc1ccc(O)cc1. The molecule has 0 bridgehead atoms. The van der Waals surface area contributed by atoms with E-state index in [2.05, 4.69) is 12.1 Å². The number of aliphatic carboxylic acids is 1. The third-order valence-corrected chi connectivity index (χ3v) is 10.1. The number of aliphatic hydroxyl groups excluding tert-OH is 4. The van der Waals surface area contributed by atoms with E-state index in [-0.39, 0.29) is 22.6 Å². The first-order chi connectivity index (χ1) is 23.5. The zero-order valence-electron chi connectivity index (χ0n) is 26.7. The zero-order chi connectivity index (χ0) is 34.9. The number of carbonyl (C=O) groups is 2. The van der Waals surface area contributed by atoms with Gasteiger partial charge >= 0.3 is 5.97 Å². The van der Waals surface area contributed by atoms with Crippen molar-refractivity contribution in [3.8, 4) is 17.2 Å². The quantitative estimate of drug-likeness (QED) is 0.165. The van der Waals surface area contributed by atoms with Gasteiger partial charge in [0.25, 0.3) is 5.91 Å². The van der Waals surface area contributed by atoms with E-state index in [9.17, 15) is 45.3 Å². The molecule has 7 unspecified atom stereocenters. The maximum Gasteiger partial charge on any atom is 0.327 e. The number of anilines is 1. The Morgan fingerprint density at radius 3 is 2.27 bits per heavy atom. The van der Waals surface area contributed by atoms with Crippen LogP contribution in [0, 0.1) is 0 Å². The molecule has 1 saturated heterocycles. The van der Waals surface area contributed by atoms with Crippen molar-refractivity contribution < 1.29 is 54.8 Å².